The Morgan fingerprint density at radius 2 is 1.71 bits per heavy atom. The molecule has 0 aromatic heterocycles. The molecule has 0 saturated carbocycles. The molecule has 0 aliphatic carbocycles. The van der Waals surface area contributed by atoms with Crippen LogP contribution in [0.1, 0.15) is 21.5 Å². The molecule has 1 amide bonds. The van der Waals surface area contributed by atoms with Crippen molar-refractivity contribution < 1.29 is 14.7 Å². The van der Waals surface area contributed by atoms with Gasteiger partial charge in [0.1, 0.15) is 0 Å². The van der Waals surface area contributed by atoms with Crippen molar-refractivity contribution in [3.63, 3.8) is 0 Å². The standard InChI is InChI=1S/C20H17NO3/c1-13-6-8-17(20(23)24)12-18(13)21-19(22)11-14-7-9-15-4-2-3-5-16(15)10-14/h2-10,12H,11H2,1H3,(H,21,22)(H,23,24). The fourth-order valence-electron chi connectivity index (χ4n) is 2.62. The van der Waals surface area contributed by atoms with E-state index >= 15 is 0 Å². The van der Waals surface area contributed by atoms with E-state index in [0.717, 1.165) is 21.9 Å². The Labute approximate surface area is 139 Å². The third-order valence-corrected chi connectivity index (χ3v) is 3.94. The first-order chi connectivity index (χ1) is 11.5. The fourth-order valence-corrected chi connectivity index (χ4v) is 2.62. The number of benzene rings is 3. The number of carbonyl (C=O) groups is 2. The molecule has 0 aliphatic heterocycles. The number of aromatic carboxylic acids is 1. The molecule has 4 nitrogen and oxygen atoms in total. The summed E-state index contributed by atoms with van der Waals surface area (Å²) in [6.07, 6.45) is 0.238. The van der Waals surface area contributed by atoms with E-state index in [0.29, 0.717) is 5.69 Å². The molecule has 4 heteroatoms. The summed E-state index contributed by atoms with van der Waals surface area (Å²) >= 11 is 0. The molecule has 0 heterocycles. The number of carboxylic acid groups (broad SMARTS) is 1. The SMILES string of the molecule is Cc1ccc(C(=O)O)cc1NC(=O)Cc1ccc2ccccc2c1. The predicted molar refractivity (Wildman–Crippen MR) is 94.4 cm³/mol. The van der Waals surface area contributed by atoms with Crippen LogP contribution in [0.2, 0.25) is 0 Å². The van der Waals surface area contributed by atoms with Crippen LogP contribution in [0.4, 0.5) is 5.69 Å². The quantitative estimate of drug-likeness (QED) is 0.763. The van der Waals surface area contributed by atoms with Crippen LogP contribution in [0.15, 0.2) is 60.7 Å². The van der Waals surface area contributed by atoms with Gasteiger partial charge < -0.3 is 10.4 Å². The highest BCUT2D eigenvalue weighted by Crippen LogP contribution is 2.19. The molecule has 3 aromatic rings. The van der Waals surface area contributed by atoms with Crippen molar-refractivity contribution in [3.8, 4) is 0 Å². The second-order valence-electron chi connectivity index (χ2n) is 5.74. The number of rotatable bonds is 4. The van der Waals surface area contributed by atoms with Gasteiger partial charge in [-0.2, -0.15) is 0 Å². The van der Waals surface area contributed by atoms with E-state index in [1.807, 2.05) is 49.4 Å². The van der Waals surface area contributed by atoms with E-state index in [1.54, 1.807) is 6.07 Å². The average Bonchev–Trinajstić information content (AvgIpc) is 2.56. The lowest BCUT2D eigenvalue weighted by atomic mass is 10.0. The Morgan fingerprint density at radius 1 is 0.958 bits per heavy atom. The molecule has 0 aliphatic rings. The third kappa shape index (κ3) is 3.43. The summed E-state index contributed by atoms with van der Waals surface area (Å²) < 4.78 is 0. The summed E-state index contributed by atoms with van der Waals surface area (Å²) in [5.74, 6) is -1.18. The minimum absolute atomic E-state index is 0.154. The van der Waals surface area contributed by atoms with Crippen LogP contribution >= 0.6 is 0 Å². The van der Waals surface area contributed by atoms with Crippen molar-refractivity contribution in [1.82, 2.24) is 0 Å². The summed E-state index contributed by atoms with van der Waals surface area (Å²) in [5.41, 5.74) is 2.42. The average molecular weight is 319 g/mol. The summed E-state index contributed by atoms with van der Waals surface area (Å²) in [5, 5.41) is 14.1. The molecule has 0 radical (unpaired) electrons. The van der Waals surface area contributed by atoms with Crippen molar-refractivity contribution in [3.05, 3.63) is 77.4 Å². The monoisotopic (exact) mass is 319 g/mol. The molecular formula is C20H17NO3. The number of hydrogen-bond acceptors (Lipinski definition) is 2. The molecule has 0 spiro atoms. The number of hydrogen-bond donors (Lipinski definition) is 2. The Balaban J connectivity index is 1.77. The van der Waals surface area contributed by atoms with Crippen molar-refractivity contribution in [1.29, 1.82) is 0 Å². The molecule has 2 N–H and O–H groups in total. The van der Waals surface area contributed by atoms with Gasteiger partial charge in [0.05, 0.1) is 12.0 Å². The van der Waals surface area contributed by atoms with Crippen LogP contribution < -0.4 is 5.32 Å². The molecule has 120 valence electrons. The zero-order valence-electron chi connectivity index (χ0n) is 13.2. The maximum Gasteiger partial charge on any atom is 0.335 e. The van der Waals surface area contributed by atoms with Gasteiger partial charge in [0.25, 0.3) is 0 Å². The summed E-state index contributed by atoms with van der Waals surface area (Å²) in [4.78, 5) is 23.3. The number of carboxylic acids is 1. The molecule has 3 aromatic carbocycles. The molecule has 0 saturated heterocycles. The zero-order chi connectivity index (χ0) is 17.1. The smallest absolute Gasteiger partial charge is 0.335 e. The molecule has 0 bridgehead atoms. The first-order valence-electron chi connectivity index (χ1n) is 7.64. The minimum Gasteiger partial charge on any atom is -0.478 e. The lowest BCUT2D eigenvalue weighted by molar-refractivity contribution is -0.115. The molecular weight excluding hydrogens is 302 g/mol. The van der Waals surface area contributed by atoms with Gasteiger partial charge in [-0.1, -0.05) is 48.5 Å². The van der Waals surface area contributed by atoms with E-state index in [9.17, 15) is 9.59 Å². The number of amides is 1. The van der Waals surface area contributed by atoms with Crippen LogP contribution in [-0.4, -0.2) is 17.0 Å². The van der Waals surface area contributed by atoms with Crippen molar-refractivity contribution in [2.75, 3.05) is 5.32 Å². The number of nitrogens with one attached hydrogen (secondary N) is 1. The third-order valence-electron chi connectivity index (χ3n) is 3.94. The van der Waals surface area contributed by atoms with Crippen LogP contribution in [0.5, 0.6) is 0 Å². The molecule has 3 rings (SSSR count). The van der Waals surface area contributed by atoms with Crippen molar-refractivity contribution in [2.24, 2.45) is 0 Å². The Kier molecular flexibility index (Phi) is 4.29. The zero-order valence-corrected chi connectivity index (χ0v) is 13.2. The summed E-state index contributed by atoms with van der Waals surface area (Å²) in [7, 11) is 0. The van der Waals surface area contributed by atoms with E-state index in [1.165, 1.54) is 12.1 Å². The van der Waals surface area contributed by atoms with Crippen molar-refractivity contribution >= 4 is 28.3 Å². The largest absolute Gasteiger partial charge is 0.478 e. The van der Waals surface area contributed by atoms with E-state index in [-0.39, 0.29) is 17.9 Å². The number of carbonyl (C=O) groups excluding carboxylic acids is 1. The lowest BCUT2D eigenvalue weighted by Gasteiger charge is -2.10. The molecule has 0 atom stereocenters. The predicted octanol–water partition coefficient (Wildman–Crippen LogP) is 4.03. The molecule has 0 unspecified atom stereocenters. The first-order valence-corrected chi connectivity index (χ1v) is 7.64. The highest BCUT2D eigenvalue weighted by molar-refractivity contribution is 5.96. The maximum absolute atomic E-state index is 12.3. The topological polar surface area (TPSA) is 66.4 Å². The van der Waals surface area contributed by atoms with Crippen LogP contribution in [0.25, 0.3) is 10.8 Å². The number of anilines is 1. The van der Waals surface area contributed by atoms with E-state index in [4.69, 9.17) is 5.11 Å². The lowest BCUT2D eigenvalue weighted by Crippen LogP contribution is -2.15. The van der Waals surface area contributed by atoms with Gasteiger partial charge in [0.2, 0.25) is 5.91 Å². The van der Waals surface area contributed by atoms with Gasteiger partial charge in [-0.15, -0.1) is 0 Å². The second-order valence-corrected chi connectivity index (χ2v) is 5.74. The van der Waals surface area contributed by atoms with Crippen LogP contribution in [-0.2, 0) is 11.2 Å². The molecule has 24 heavy (non-hydrogen) atoms. The normalized spacial score (nSPS) is 10.5. The van der Waals surface area contributed by atoms with Gasteiger partial charge in [0.15, 0.2) is 0 Å². The summed E-state index contributed by atoms with van der Waals surface area (Å²) in [6, 6.07) is 18.6. The molecule has 0 fully saturated rings. The van der Waals surface area contributed by atoms with Crippen molar-refractivity contribution in [2.45, 2.75) is 13.3 Å². The van der Waals surface area contributed by atoms with Crippen LogP contribution in [0.3, 0.4) is 0 Å². The van der Waals surface area contributed by atoms with Gasteiger partial charge in [0, 0.05) is 5.69 Å². The van der Waals surface area contributed by atoms with Gasteiger partial charge in [-0.05, 0) is 41.0 Å². The van der Waals surface area contributed by atoms with Crippen LogP contribution in [0, 0.1) is 6.92 Å². The Hall–Kier alpha value is -3.14. The van der Waals surface area contributed by atoms with Gasteiger partial charge in [-0.25, -0.2) is 4.79 Å². The van der Waals surface area contributed by atoms with E-state index in [2.05, 4.69) is 5.32 Å². The van der Waals surface area contributed by atoms with E-state index < -0.39 is 5.97 Å². The highest BCUT2D eigenvalue weighted by atomic mass is 16.4. The second kappa shape index (κ2) is 6.54. The highest BCUT2D eigenvalue weighted by Gasteiger charge is 2.10. The minimum atomic E-state index is -1.01. The fraction of sp³-hybridized carbons (Fsp3) is 0.100. The summed E-state index contributed by atoms with van der Waals surface area (Å²) in [6.45, 7) is 1.83. The first kappa shape index (κ1) is 15.7. The number of fused-ring (bicyclic) bond motifs is 1. The number of aryl methyl sites for hydroxylation is 1. The maximum atomic E-state index is 12.3. The Morgan fingerprint density at radius 3 is 2.46 bits per heavy atom. The van der Waals surface area contributed by atoms with Gasteiger partial charge >= 0.3 is 5.97 Å². The Bertz CT molecular complexity index is 931. The van der Waals surface area contributed by atoms with Gasteiger partial charge in [-0.3, -0.25) is 4.79 Å².